The zero-order valence-corrected chi connectivity index (χ0v) is 19.6. The van der Waals surface area contributed by atoms with E-state index in [-0.39, 0.29) is 30.5 Å². The van der Waals surface area contributed by atoms with E-state index in [2.05, 4.69) is 5.32 Å². The van der Waals surface area contributed by atoms with Gasteiger partial charge in [-0.15, -0.1) is 0 Å². The summed E-state index contributed by atoms with van der Waals surface area (Å²) in [5, 5.41) is 3.66. The van der Waals surface area contributed by atoms with Crippen LogP contribution in [0, 0.1) is 6.92 Å². The Morgan fingerprint density at radius 1 is 1.00 bits per heavy atom. The highest BCUT2D eigenvalue weighted by Crippen LogP contribution is 2.36. The Balaban J connectivity index is 2.06. The molecule has 0 unspecified atom stereocenters. The van der Waals surface area contributed by atoms with Gasteiger partial charge in [-0.2, -0.15) is 0 Å². The van der Waals surface area contributed by atoms with Gasteiger partial charge < -0.3 is 19.5 Å². The zero-order valence-electron chi connectivity index (χ0n) is 18.8. The molecule has 0 aromatic heterocycles. The highest BCUT2D eigenvalue weighted by atomic mass is 35.5. The van der Waals surface area contributed by atoms with Crippen LogP contribution in [0.15, 0.2) is 42.1 Å². The van der Waals surface area contributed by atoms with Gasteiger partial charge in [0, 0.05) is 10.7 Å². The number of hydrogen-bond acceptors (Lipinski definition) is 6. The number of carbonyl (C=O) groups excluding carboxylic acids is 2. The maximum Gasteiger partial charge on any atom is 0.278 e. The highest BCUT2D eigenvalue weighted by molar-refractivity contribution is 6.36. The number of benzene rings is 2. The molecule has 1 heterocycles. The van der Waals surface area contributed by atoms with E-state index in [0.717, 1.165) is 5.56 Å². The first-order valence-electron chi connectivity index (χ1n) is 10.2. The molecule has 32 heavy (non-hydrogen) atoms. The van der Waals surface area contributed by atoms with Gasteiger partial charge >= 0.3 is 0 Å². The van der Waals surface area contributed by atoms with Crippen molar-refractivity contribution in [1.29, 1.82) is 0 Å². The average Bonchev–Trinajstić information content (AvgIpc) is 2.99. The molecular weight excluding hydrogens is 432 g/mol. The SMILES string of the molecule is COc1ccc(C2=C(Nc3cc(Cl)ccc3C)C(=O)N(CCOC(C)C)C2=O)cc1OC. The number of halogens is 1. The monoisotopic (exact) mass is 458 g/mol. The van der Waals surface area contributed by atoms with Crippen LogP contribution in [-0.4, -0.2) is 50.2 Å². The molecule has 2 aromatic rings. The summed E-state index contributed by atoms with van der Waals surface area (Å²) in [6.07, 6.45) is -0.00667. The Labute approximate surface area is 192 Å². The molecule has 3 rings (SSSR count). The molecule has 8 heteroatoms. The first-order valence-corrected chi connectivity index (χ1v) is 10.6. The lowest BCUT2D eigenvalue weighted by Gasteiger charge is -2.17. The quantitative estimate of drug-likeness (QED) is 0.565. The fourth-order valence-electron chi connectivity index (χ4n) is 3.40. The number of ether oxygens (including phenoxy) is 3. The van der Waals surface area contributed by atoms with Crippen molar-refractivity contribution in [2.45, 2.75) is 26.9 Å². The third-order valence-corrected chi connectivity index (χ3v) is 5.30. The summed E-state index contributed by atoms with van der Waals surface area (Å²) in [6, 6.07) is 10.4. The van der Waals surface area contributed by atoms with Crippen LogP contribution in [0.5, 0.6) is 11.5 Å². The molecule has 0 spiro atoms. The summed E-state index contributed by atoms with van der Waals surface area (Å²) in [7, 11) is 3.05. The number of rotatable bonds is 9. The van der Waals surface area contributed by atoms with Crippen LogP contribution in [0.2, 0.25) is 5.02 Å². The lowest BCUT2D eigenvalue weighted by Crippen LogP contribution is -2.35. The van der Waals surface area contributed by atoms with Crippen LogP contribution >= 0.6 is 11.6 Å². The Hall–Kier alpha value is -3.03. The lowest BCUT2D eigenvalue weighted by molar-refractivity contribution is -0.137. The molecule has 0 saturated heterocycles. The Kier molecular flexibility index (Phi) is 7.43. The molecule has 0 atom stereocenters. The molecule has 2 amide bonds. The van der Waals surface area contributed by atoms with Gasteiger partial charge in [-0.3, -0.25) is 14.5 Å². The summed E-state index contributed by atoms with van der Waals surface area (Å²) in [5.41, 5.74) is 2.50. The van der Waals surface area contributed by atoms with Crippen LogP contribution in [-0.2, 0) is 14.3 Å². The molecule has 0 saturated carbocycles. The van der Waals surface area contributed by atoms with E-state index >= 15 is 0 Å². The Morgan fingerprint density at radius 2 is 1.72 bits per heavy atom. The zero-order chi connectivity index (χ0) is 23.4. The highest BCUT2D eigenvalue weighted by Gasteiger charge is 2.39. The topological polar surface area (TPSA) is 77.1 Å². The molecule has 0 radical (unpaired) electrons. The fourth-order valence-corrected chi connectivity index (χ4v) is 3.57. The van der Waals surface area contributed by atoms with Gasteiger partial charge in [0.05, 0.1) is 39.0 Å². The van der Waals surface area contributed by atoms with Crippen molar-refractivity contribution in [2.75, 3.05) is 32.7 Å². The second-order valence-electron chi connectivity index (χ2n) is 7.59. The maximum absolute atomic E-state index is 13.4. The summed E-state index contributed by atoms with van der Waals surface area (Å²) in [6.45, 7) is 6.08. The van der Waals surface area contributed by atoms with E-state index < -0.39 is 11.8 Å². The molecule has 170 valence electrons. The largest absolute Gasteiger partial charge is 0.493 e. The summed E-state index contributed by atoms with van der Waals surface area (Å²) < 4.78 is 16.2. The summed E-state index contributed by atoms with van der Waals surface area (Å²) >= 11 is 6.16. The number of anilines is 1. The van der Waals surface area contributed by atoms with Gasteiger partial charge in [-0.05, 0) is 56.2 Å². The first-order chi connectivity index (χ1) is 15.3. The third-order valence-electron chi connectivity index (χ3n) is 5.07. The van der Waals surface area contributed by atoms with Crippen LogP contribution in [0.1, 0.15) is 25.0 Å². The molecule has 1 aliphatic heterocycles. The summed E-state index contributed by atoms with van der Waals surface area (Å²) in [4.78, 5) is 27.8. The average molecular weight is 459 g/mol. The minimum Gasteiger partial charge on any atom is -0.493 e. The van der Waals surface area contributed by atoms with Crippen molar-refractivity contribution >= 4 is 34.7 Å². The van der Waals surface area contributed by atoms with E-state index in [9.17, 15) is 9.59 Å². The number of aryl methyl sites for hydroxylation is 1. The minimum atomic E-state index is -0.425. The number of nitrogens with zero attached hydrogens (tertiary/aromatic N) is 1. The van der Waals surface area contributed by atoms with E-state index in [4.69, 9.17) is 25.8 Å². The normalized spacial score (nSPS) is 13.9. The summed E-state index contributed by atoms with van der Waals surface area (Å²) in [5.74, 6) is 0.150. The maximum atomic E-state index is 13.4. The number of methoxy groups -OCH3 is 2. The lowest BCUT2D eigenvalue weighted by atomic mass is 10.0. The molecule has 1 aliphatic rings. The van der Waals surface area contributed by atoms with Gasteiger partial charge in [-0.1, -0.05) is 23.7 Å². The van der Waals surface area contributed by atoms with Gasteiger partial charge in [0.15, 0.2) is 11.5 Å². The molecule has 7 nitrogen and oxygen atoms in total. The van der Waals surface area contributed by atoms with Crippen molar-refractivity contribution in [3.05, 3.63) is 58.2 Å². The smallest absolute Gasteiger partial charge is 0.278 e. The molecule has 2 aromatic carbocycles. The van der Waals surface area contributed by atoms with Crippen molar-refractivity contribution in [3.8, 4) is 11.5 Å². The van der Waals surface area contributed by atoms with Gasteiger partial charge in [-0.25, -0.2) is 0 Å². The van der Waals surface area contributed by atoms with E-state index in [1.807, 2.05) is 26.8 Å². The molecule has 0 bridgehead atoms. The van der Waals surface area contributed by atoms with E-state index in [0.29, 0.717) is 27.8 Å². The van der Waals surface area contributed by atoms with Gasteiger partial charge in [0.2, 0.25) is 0 Å². The van der Waals surface area contributed by atoms with Crippen molar-refractivity contribution < 1.29 is 23.8 Å². The Morgan fingerprint density at radius 3 is 2.38 bits per heavy atom. The fraction of sp³-hybridized carbons (Fsp3) is 0.333. The van der Waals surface area contributed by atoms with E-state index in [1.165, 1.54) is 19.1 Å². The predicted octanol–water partition coefficient (Wildman–Crippen LogP) is 4.28. The molecular formula is C24H27ClN2O5. The van der Waals surface area contributed by atoms with Crippen LogP contribution in [0.4, 0.5) is 5.69 Å². The van der Waals surface area contributed by atoms with Crippen LogP contribution in [0.25, 0.3) is 5.57 Å². The number of amides is 2. The Bertz CT molecular complexity index is 1060. The molecule has 0 aliphatic carbocycles. The number of imide groups is 1. The van der Waals surface area contributed by atoms with Gasteiger partial charge in [0.25, 0.3) is 11.8 Å². The number of hydrogen-bond donors (Lipinski definition) is 1. The van der Waals surface area contributed by atoms with Crippen LogP contribution < -0.4 is 14.8 Å². The molecule has 0 fully saturated rings. The van der Waals surface area contributed by atoms with Crippen molar-refractivity contribution in [3.63, 3.8) is 0 Å². The molecule has 1 N–H and O–H groups in total. The predicted molar refractivity (Wildman–Crippen MR) is 124 cm³/mol. The van der Waals surface area contributed by atoms with Crippen LogP contribution in [0.3, 0.4) is 0 Å². The van der Waals surface area contributed by atoms with Gasteiger partial charge in [0.1, 0.15) is 5.70 Å². The number of carbonyl (C=O) groups is 2. The second kappa shape index (κ2) is 10.1. The minimum absolute atomic E-state index is 0.00667. The first kappa shape index (κ1) is 23.6. The standard InChI is InChI=1S/C24H27ClN2O5/c1-14(2)32-11-10-27-23(28)21(16-7-9-19(30-4)20(12-16)31-5)22(24(27)29)26-18-13-17(25)8-6-15(18)3/h6-9,12-14,26H,10-11H2,1-5H3. The van der Waals surface area contributed by atoms with Crippen molar-refractivity contribution in [1.82, 2.24) is 4.90 Å². The third kappa shape index (κ3) is 4.89. The van der Waals surface area contributed by atoms with E-state index in [1.54, 1.807) is 30.3 Å². The second-order valence-corrected chi connectivity index (χ2v) is 8.02. The number of nitrogens with one attached hydrogen (secondary N) is 1. The van der Waals surface area contributed by atoms with Crippen molar-refractivity contribution in [2.24, 2.45) is 0 Å².